The number of rotatable bonds is 8. The van der Waals surface area contributed by atoms with Crippen LogP contribution in [0.4, 0.5) is 0 Å². The molecule has 124 valence electrons. The Morgan fingerprint density at radius 3 is 2.52 bits per heavy atom. The van der Waals surface area contributed by atoms with E-state index < -0.39 is 0 Å². The predicted octanol–water partition coefficient (Wildman–Crippen LogP) is 2.82. The van der Waals surface area contributed by atoms with Gasteiger partial charge in [-0.15, -0.1) is 0 Å². The van der Waals surface area contributed by atoms with Crippen LogP contribution in [-0.2, 0) is 0 Å². The summed E-state index contributed by atoms with van der Waals surface area (Å²) in [5, 5.41) is 3.68. The Morgan fingerprint density at radius 2 is 1.90 bits per heavy atom. The van der Waals surface area contributed by atoms with Gasteiger partial charge in [0.25, 0.3) is 0 Å². The second-order valence-corrected chi connectivity index (χ2v) is 8.11. The molecule has 0 aromatic heterocycles. The molecule has 0 spiro atoms. The van der Waals surface area contributed by atoms with E-state index in [1.165, 1.54) is 58.4 Å². The summed E-state index contributed by atoms with van der Waals surface area (Å²) in [6.07, 6.45) is 5.49. The van der Waals surface area contributed by atoms with Crippen LogP contribution in [-0.4, -0.2) is 61.7 Å². The SMILES string of the molecule is CCC(C)(CNCC(C)C)CN1CCC(N2CCCC2)C1. The molecule has 2 heterocycles. The summed E-state index contributed by atoms with van der Waals surface area (Å²) in [4.78, 5) is 5.46. The van der Waals surface area contributed by atoms with E-state index in [4.69, 9.17) is 0 Å². The number of nitrogens with zero attached hydrogens (tertiary/aromatic N) is 2. The van der Waals surface area contributed by atoms with Gasteiger partial charge >= 0.3 is 0 Å². The van der Waals surface area contributed by atoms with E-state index in [0.29, 0.717) is 5.41 Å². The Labute approximate surface area is 132 Å². The molecule has 3 heteroatoms. The first-order valence-corrected chi connectivity index (χ1v) is 9.19. The van der Waals surface area contributed by atoms with Crippen molar-refractivity contribution >= 4 is 0 Å². The largest absolute Gasteiger partial charge is 0.316 e. The van der Waals surface area contributed by atoms with Crippen LogP contribution >= 0.6 is 0 Å². The smallest absolute Gasteiger partial charge is 0.0235 e. The highest BCUT2D eigenvalue weighted by Crippen LogP contribution is 2.26. The topological polar surface area (TPSA) is 18.5 Å². The maximum absolute atomic E-state index is 3.68. The van der Waals surface area contributed by atoms with E-state index in [1.54, 1.807) is 0 Å². The monoisotopic (exact) mass is 295 g/mol. The van der Waals surface area contributed by atoms with Crippen molar-refractivity contribution in [2.45, 2.75) is 59.4 Å². The number of hydrogen-bond acceptors (Lipinski definition) is 3. The Hall–Kier alpha value is -0.120. The summed E-state index contributed by atoms with van der Waals surface area (Å²) in [6.45, 7) is 18.3. The zero-order valence-electron chi connectivity index (χ0n) is 14.8. The zero-order valence-corrected chi connectivity index (χ0v) is 14.8. The molecular formula is C18H37N3. The number of hydrogen-bond donors (Lipinski definition) is 1. The molecule has 2 aliphatic rings. The molecule has 0 radical (unpaired) electrons. The lowest BCUT2D eigenvalue weighted by molar-refractivity contribution is 0.163. The van der Waals surface area contributed by atoms with E-state index in [9.17, 15) is 0 Å². The third-order valence-electron chi connectivity index (χ3n) is 5.47. The first-order valence-electron chi connectivity index (χ1n) is 9.19. The number of nitrogens with one attached hydrogen (secondary N) is 1. The van der Waals surface area contributed by atoms with Crippen LogP contribution < -0.4 is 5.32 Å². The fraction of sp³-hybridized carbons (Fsp3) is 1.00. The normalized spacial score (nSPS) is 27.6. The standard InChI is InChI=1S/C18H37N3/c1-5-18(4,14-19-12-16(2)3)15-20-11-8-17(13-20)21-9-6-7-10-21/h16-17,19H,5-15H2,1-4H3. The van der Waals surface area contributed by atoms with Gasteiger partial charge in [-0.1, -0.05) is 27.7 Å². The predicted molar refractivity (Wildman–Crippen MR) is 91.8 cm³/mol. The first-order chi connectivity index (χ1) is 10.0. The number of likely N-dealkylation sites (tertiary alicyclic amines) is 2. The highest BCUT2D eigenvalue weighted by Gasteiger charge is 2.33. The maximum atomic E-state index is 3.68. The Balaban J connectivity index is 1.76. The summed E-state index contributed by atoms with van der Waals surface area (Å²) in [5.41, 5.74) is 0.425. The van der Waals surface area contributed by atoms with Crippen molar-refractivity contribution in [3.8, 4) is 0 Å². The van der Waals surface area contributed by atoms with Gasteiger partial charge in [0.15, 0.2) is 0 Å². The molecule has 0 aromatic rings. The first kappa shape index (κ1) is 17.2. The minimum Gasteiger partial charge on any atom is -0.316 e. The summed E-state index contributed by atoms with van der Waals surface area (Å²) >= 11 is 0. The van der Waals surface area contributed by atoms with Crippen molar-refractivity contribution in [3.05, 3.63) is 0 Å². The quantitative estimate of drug-likeness (QED) is 0.743. The van der Waals surface area contributed by atoms with Gasteiger partial charge in [0.05, 0.1) is 0 Å². The fourth-order valence-corrected chi connectivity index (χ4v) is 3.86. The molecule has 0 amide bonds. The van der Waals surface area contributed by atoms with E-state index in [1.807, 2.05) is 0 Å². The van der Waals surface area contributed by atoms with Crippen molar-refractivity contribution in [1.29, 1.82) is 0 Å². The lowest BCUT2D eigenvalue weighted by Gasteiger charge is -2.34. The van der Waals surface area contributed by atoms with Crippen LogP contribution in [0.2, 0.25) is 0 Å². The highest BCUT2D eigenvalue weighted by molar-refractivity contribution is 4.89. The molecule has 0 bridgehead atoms. The van der Waals surface area contributed by atoms with Crippen LogP contribution in [0.1, 0.15) is 53.4 Å². The molecule has 21 heavy (non-hydrogen) atoms. The van der Waals surface area contributed by atoms with E-state index in [2.05, 4.69) is 42.8 Å². The summed E-state index contributed by atoms with van der Waals surface area (Å²) < 4.78 is 0. The second kappa shape index (κ2) is 7.94. The van der Waals surface area contributed by atoms with Crippen LogP contribution in [0.5, 0.6) is 0 Å². The molecule has 2 atom stereocenters. The maximum Gasteiger partial charge on any atom is 0.0235 e. The second-order valence-electron chi connectivity index (χ2n) is 8.11. The molecule has 0 saturated carbocycles. The molecule has 2 aliphatic heterocycles. The highest BCUT2D eigenvalue weighted by atomic mass is 15.3. The average molecular weight is 296 g/mol. The molecular weight excluding hydrogens is 258 g/mol. The van der Waals surface area contributed by atoms with E-state index in [-0.39, 0.29) is 0 Å². The Kier molecular flexibility index (Phi) is 6.51. The van der Waals surface area contributed by atoms with Crippen LogP contribution in [0.25, 0.3) is 0 Å². The van der Waals surface area contributed by atoms with Gasteiger partial charge in [0.1, 0.15) is 0 Å². The van der Waals surface area contributed by atoms with Crippen LogP contribution in [0, 0.1) is 11.3 Å². The van der Waals surface area contributed by atoms with Gasteiger partial charge in [0.2, 0.25) is 0 Å². The van der Waals surface area contributed by atoms with Gasteiger partial charge in [-0.05, 0) is 63.2 Å². The van der Waals surface area contributed by atoms with Crippen molar-refractivity contribution < 1.29 is 0 Å². The van der Waals surface area contributed by atoms with Crippen molar-refractivity contribution in [2.75, 3.05) is 45.8 Å². The summed E-state index contributed by atoms with van der Waals surface area (Å²) in [7, 11) is 0. The van der Waals surface area contributed by atoms with Crippen molar-refractivity contribution in [1.82, 2.24) is 15.1 Å². The van der Waals surface area contributed by atoms with E-state index in [0.717, 1.165) is 25.0 Å². The molecule has 3 nitrogen and oxygen atoms in total. The Morgan fingerprint density at radius 1 is 1.19 bits per heavy atom. The average Bonchev–Trinajstić information content (AvgIpc) is 3.08. The van der Waals surface area contributed by atoms with Crippen LogP contribution in [0.3, 0.4) is 0 Å². The lowest BCUT2D eigenvalue weighted by atomic mass is 9.86. The molecule has 2 rings (SSSR count). The summed E-state index contributed by atoms with van der Waals surface area (Å²) in [5.74, 6) is 0.748. The molecule has 2 saturated heterocycles. The zero-order chi connectivity index (χ0) is 15.3. The Bertz CT molecular complexity index is 299. The van der Waals surface area contributed by atoms with Gasteiger partial charge in [-0.2, -0.15) is 0 Å². The molecule has 2 unspecified atom stereocenters. The van der Waals surface area contributed by atoms with Crippen LogP contribution in [0.15, 0.2) is 0 Å². The van der Waals surface area contributed by atoms with Gasteiger partial charge in [-0.3, -0.25) is 4.90 Å². The third kappa shape index (κ3) is 5.22. The minimum absolute atomic E-state index is 0.425. The third-order valence-corrected chi connectivity index (χ3v) is 5.47. The van der Waals surface area contributed by atoms with Gasteiger partial charge in [0, 0.05) is 25.7 Å². The summed E-state index contributed by atoms with van der Waals surface area (Å²) in [6, 6.07) is 0.845. The van der Waals surface area contributed by atoms with Crippen molar-refractivity contribution in [2.24, 2.45) is 11.3 Å². The van der Waals surface area contributed by atoms with Gasteiger partial charge in [-0.25, -0.2) is 0 Å². The molecule has 0 aliphatic carbocycles. The van der Waals surface area contributed by atoms with E-state index >= 15 is 0 Å². The van der Waals surface area contributed by atoms with Gasteiger partial charge < -0.3 is 10.2 Å². The minimum atomic E-state index is 0.425. The molecule has 2 fully saturated rings. The fourth-order valence-electron chi connectivity index (χ4n) is 3.86. The van der Waals surface area contributed by atoms with Crippen molar-refractivity contribution in [3.63, 3.8) is 0 Å². The molecule has 0 aromatic carbocycles. The lowest BCUT2D eigenvalue weighted by Crippen LogP contribution is -2.43. The molecule has 1 N–H and O–H groups in total.